The van der Waals surface area contributed by atoms with Crippen molar-refractivity contribution in [2.24, 2.45) is 5.16 Å². The zero-order valence-electron chi connectivity index (χ0n) is 17.7. The van der Waals surface area contributed by atoms with Crippen molar-refractivity contribution in [3.63, 3.8) is 0 Å². The lowest BCUT2D eigenvalue weighted by Crippen LogP contribution is -2.44. The Balaban J connectivity index is 1.47. The number of carbonyl (C=O) groups is 1. The van der Waals surface area contributed by atoms with Crippen molar-refractivity contribution >= 4 is 11.8 Å². The summed E-state index contributed by atoms with van der Waals surface area (Å²) in [5.74, 6) is 0.677. The first-order chi connectivity index (χ1) is 14.3. The van der Waals surface area contributed by atoms with Gasteiger partial charge in [0.05, 0.1) is 5.71 Å². The number of rotatable bonds is 5. The van der Waals surface area contributed by atoms with Crippen molar-refractivity contribution in [2.75, 3.05) is 13.1 Å². The Morgan fingerprint density at radius 2 is 1.83 bits per heavy atom. The molecule has 0 N–H and O–H groups in total. The van der Waals surface area contributed by atoms with Crippen LogP contribution < -0.4 is 9.57 Å². The van der Waals surface area contributed by atoms with Crippen LogP contribution in [0.15, 0.2) is 41.8 Å². The van der Waals surface area contributed by atoms with Crippen molar-refractivity contribution < 1.29 is 19.1 Å². The summed E-state index contributed by atoms with van der Waals surface area (Å²) in [4.78, 5) is 23.2. The quantitative estimate of drug-likeness (QED) is 0.547. The van der Waals surface area contributed by atoms with Crippen LogP contribution in [0.3, 0.4) is 0 Å². The molecule has 9 heteroatoms. The normalized spacial score (nSPS) is 15.6. The minimum Gasteiger partial charge on any atom is -0.473 e. The van der Waals surface area contributed by atoms with E-state index in [-0.39, 0.29) is 18.1 Å². The Hall–Kier alpha value is -3.23. The van der Waals surface area contributed by atoms with Gasteiger partial charge in [-0.3, -0.25) is 4.98 Å². The van der Waals surface area contributed by atoms with Gasteiger partial charge in [0.1, 0.15) is 11.7 Å². The maximum Gasteiger partial charge on any atom is 0.410 e. The van der Waals surface area contributed by atoms with Crippen molar-refractivity contribution in [2.45, 2.75) is 52.2 Å². The minimum atomic E-state index is -0.496. The van der Waals surface area contributed by atoms with E-state index in [9.17, 15) is 4.79 Å². The molecule has 1 amide bonds. The highest BCUT2D eigenvalue weighted by molar-refractivity contribution is 5.98. The van der Waals surface area contributed by atoms with E-state index in [2.05, 4.69) is 20.3 Å². The lowest BCUT2D eigenvalue weighted by atomic mass is 10.1. The highest BCUT2D eigenvalue weighted by Gasteiger charge is 2.27. The fourth-order valence-corrected chi connectivity index (χ4v) is 2.82. The van der Waals surface area contributed by atoms with Gasteiger partial charge in [0.25, 0.3) is 5.88 Å². The van der Waals surface area contributed by atoms with Crippen molar-refractivity contribution in [3.05, 3.63) is 42.2 Å². The van der Waals surface area contributed by atoms with Gasteiger partial charge in [0.2, 0.25) is 5.88 Å². The Kier molecular flexibility index (Phi) is 6.81. The number of piperidine rings is 1. The van der Waals surface area contributed by atoms with Crippen LogP contribution >= 0.6 is 0 Å². The molecule has 0 saturated carbocycles. The molecule has 0 radical (unpaired) electrons. The fourth-order valence-electron chi connectivity index (χ4n) is 2.82. The minimum absolute atomic E-state index is 0.0319. The first-order valence-electron chi connectivity index (χ1n) is 9.90. The molecule has 0 atom stereocenters. The largest absolute Gasteiger partial charge is 0.473 e. The average Bonchev–Trinajstić information content (AvgIpc) is 2.73. The van der Waals surface area contributed by atoms with E-state index in [4.69, 9.17) is 14.3 Å². The van der Waals surface area contributed by atoms with Gasteiger partial charge in [-0.1, -0.05) is 5.16 Å². The molecule has 0 aliphatic carbocycles. The Morgan fingerprint density at radius 3 is 2.43 bits per heavy atom. The highest BCUT2D eigenvalue weighted by Crippen LogP contribution is 2.20. The molecule has 0 bridgehead atoms. The third kappa shape index (κ3) is 6.40. The molecule has 0 aromatic carbocycles. The topological polar surface area (TPSA) is 99.0 Å². The van der Waals surface area contributed by atoms with Crippen molar-refractivity contribution in [1.29, 1.82) is 0 Å². The number of hydrogen-bond acceptors (Lipinski definition) is 8. The monoisotopic (exact) mass is 413 g/mol. The number of likely N-dealkylation sites (tertiary alicyclic amines) is 1. The van der Waals surface area contributed by atoms with Crippen LogP contribution in [0.5, 0.6) is 11.8 Å². The van der Waals surface area contributed by atoms with Gasteiger partial charge in [-0.2, -0.15) is 0 Å². The van der Waals surface area contributed by atoms with Gasteiger partial charge in [-0.15, -0.1) is 10.2 Å². The van der Waals surface area contributed by atoms with E-state index in [1.165, 1.54) is 0 Å². The van der Waals surface area contributed by atoms with Crippen LogP contribution in [0, 0.1) is 0 Å². The van der Waals surface area contributed by atoms with E-state index in [0.717, 1.165) is 5.56 Å². The molecule has 1 aliphatic rings. The van der Waals surface area contributed by atoms with E-state index < -0.39 is 5.60 Å². The average molecular weight is 413 g/mol. The standard InChI is InChI=1S/C21H27N5O4/c1-15(16-6-5-11-22-14-16)25-30-19-8-7-18(23-24-19)28-17-9-12-26(13-10-17)20(27)29-21(2,3)4/h5-8,11,14,17H,9-10,12-13H2,1-4H3/b25-15-. The van der Waals surface area contributed by atoms with Crippen LogP contribution in [0.1, 0.15) is 46.1 Å². The maximum atomic E-state index is 12.1. The van der Waals surface area contributed by atoms with E-state index in [1.807, 2.05) is 39.8 Å². The summed E-state index contributed by atoms with van der Waals surface area (Å²) in [5, 5.41) is 12.1. The zero-order chi connectivity index (χ0) is 21.6. The maximum absolute atomic E-state index is 12.1. The molecule has 3 heterocycles. The summed E-state index contributed by atoms with van der Waals surface area (Å²) in [6.45, 7) is 8.56. The first kappa shape index (κ1) is 21.5. The van der Waals surface area contributed by atoms with E-state index in [0.29, 0.717) is 37.5 Å². The molecular weight excluding hydrogens is 386 g/mol. The zero-order valence-corrected chi connectivity index (χ0v) is 17.7. The number of ether oxygens (including phenoxy) is 2. The second-order valence-electron chi connectivity index (χ2n) is 8.00. The number of hydrogen-bond donors (Lipinski definition) is 0. The Morgan fingerprint density at radius 1 is 1.13 bits per heavy atom. The summed E-state index contributed by atoms with van der Waals surface area (Å²) in [7, 11) is 0. The van der Waals surface area contributed by atoms with Crippen LogP contribution in [0.2, 0.25) is 0 Å². The Bertz CT molecular complexity index is 857. The molecule has 9 nitrogen and oxygen atoms in total. The van der Waals surface area contributed by atoms with Crippen LogP contribution in [-0.2, 0) is 4.74 Å². The van der Waals surface area contributed by atoms with Gasteiger partial charge in [-0.05, 0) is 39.8 Å². The molecule has 3 rings (SSSR count). The van der Waals surface area contributed by atoms with E-state index in [1.54, 1.807) is 29.4 Å². The van der Waals surface area contributed by atoms with Gasteiger partial charge >= 0.3 is 6.09 Å². The van der Waals surface area contributed by atoms with Crippen molar-refractivity contribution in [1.82, 2.24) is 20.1 Å². The number of carbonyl (C=O) groups excluding carboxylic acids is 1. The number of oxime groups is 1. The third-order valence-electron chi connectivity index (χ3n) is 4.35. The molecule has 1 aliphatic heterocycles. The molecule has 30 heavy (non-hydrogen) atoms. The third-order valence-corrected chi connectivity index (χ3v) is 4.35. The highest BCUT2D eigenvalue weighted by atomic mass is 16.6. The van der Waals surface area contributed by atoms with Gasteiger partial charge in [-0.25, -0.2) is 4.79 Å². The summed E-state index contributed by atoms with van der Waals surface area (Å²) >= 11 is 0. The summed E-state index contributed by atoms with van der Waals surface area (Å²) in [5.41, 5.74) is 1.05. The summed E-state index contributed by atoms with van der Waals surface area (Å²) in [6, 6.07) is 7.07. The molecule has 0 spiro atoms. The number of nitrogens with zero attached hydrogens (tertiary/aromatic N) is 5. The lowest BCUT2D eigenvalue weighted by Gasteiger charge is -2.33. The van der Waals surface area contributed by atoms with Gasteiger partial charge in [0.15, 0.2) is 0 Å². The van der Waals surface area contributed by atoms with Crippen molar-refractivity contribution in [3.8, 4) is 11.8 Å². The number of amides is 1. The summed E-state index contributed by atoms with van der Waals surface area (Å²) < 4.78 is 11.3. The SMILES string of the molecule is C/C(=N/Oc1ccc(OC2CCN(C(=O)OC(C)(C)C)CC2)nn1)c1cccnc1. The molecular formula is C21H27N5O4. The fraction of sp³-hybridized carbons (Fsp3) is 0.476. The predicted octanol–water partition coefficient (Wildman–Crippen LogP) is 3.45. The van der Waals surface area contributed by atoms with Gasteiger partial charge in [0, 0.05) is 56.0 Å². The van der Waals surface area contributed by atoms with Crippen LogP contribution in [-0.4, -0.2) is 56.7 Å². The van der Waals surface area contributed by atoms with E-state index >= 15 is 0 Å². The number of pyridine rings is 1. The second-order valence-corrected chi connectivity index (χ2v) is 8.00. The van der Waals surface area contributed by atoms with Crippen LogP contribution in [0.25, 0.3) is 0 Å². The van der Waals surface area contributed by atoms with Gasteiger partial charge < -0.3 is 19.2 Å². The molecule has 1 saturated heterocycles. The molecule has 160 valence electrons. The molecule has 1 fully saturated rings. The lowest BCUT2D eigenvalue weighted by molar-refractivity contribution is 0.0122. The molecule has 2 aromatic rings. The smallest absolute Gasteiger partial charge is 0.410 e. The molecule has 0 unspecified atom stereocenters. The van der Waals surface area contributed by atoms with Crippen LogP contribution in [0.4, 0.5) is 4.79 Å². The first-order valence-corrected chi connectivity index (χ1v) is 9.90. The second kappa shape index (κ2) is 9.51. The number of aromatic nitrogens is 3. The Labute approximate surface area is 176 Å². The predicted molar refractivity (Wildman–Crippen MR) is 111 cm³/mol. The molecule has 2 aromatic heterocycles. The summed E-state index contributed by atoms with van der Waals surface area (Å²) in [6.07, 6.45) is 4.49.